The highest BCUT2D eigenvalue weighted by Crippen LogP contribution is 2.18. The maximum atomic E-state index is 11.0. The van der Waals surface area contributed by atoms with E-state index in [1.165, 1.54) is 6.92 Å². The highest BCUT2D eigenvalue weighted by Gasteiger charge is 2.24. The van der Waals surface area contributed by atoms with Crippen molar-refractivity contribution in [3.8, 4) is 0 Å². The van der Waals surface area contributed by atoms with Crippen LogP contribution in [-0.2, 0) is 9.53 Å². The van der Waals surface area contributed by atoms with E-state index in [2.05, 4.69) is 6.92 Å². The predicted octanol–water partition coefficient (Wildman–Crippen LogP) is 1.88. The molecule has 0 aliphatic heterocycles. The highest BCUT2D eigenvalue weighted by molar-refractivity contribution is 5.74. The van der Waals surface area contributed by atoms with Crippen LogP contribution in [0, 0.1) is 0 Å². The van der Waals surface area contributed by atoms with E-state index in [4.69, 9.17) is 9.84 Å². The Morgan fingerprint density at radius 1 is 1.54 bits per heavy atom. The zero-order valence-corrected chi connectivity index (χ0v) is 8.96. The molecule has 0 aromatic rings. The summed E-state index contributed by atoms with van der Waals surface area (Å²) < 4.78 is 5.11. The second kappa shape index (κ2) is 5.22. The van der Waals surface area contributed by atoms with Gasteiger partial charge in [0.1, 0.15) is 11.7 Å². The van der Waals surface area contributed by atoms with Crippen molar-refractivity contribution in [2.45, 2.75) is 58.7 Å². The number of ether oxygens (including phenoxy) is 1. The molecule has 0 amide bonds. The molecule has 3 heteroatoms. The number of hydrogen-bond donors (Lipinski definition) is 1. The van der Waals surface area contributed by atoms with Gasteiger partial charge in [0, 0.05) is 0 Å². The lowest BCUT2D eigenvalue weighted by molar-refractivity contribution is -0.166. The number of unbranched alkanes of at least 4 members (excludes halogenated alkanes) is 1. The summed E-state index contributed by atoms with van der Waals surface area (Å²) in [7, 11) is 0. The molecule has 0 aromatic heterocycles. The Bertz CT molecular complexity index is 162. The molecule has 1 unspecified atom stereocenters. The highest BCUT2D eigenvalue weighted by atomic mass is 16.6. The van der Waals surface area contributed by atoms with Crippen molar-refractivity contribution in [2.24, 2.45) is 0 Å². The number of carbonyl (C=O) groups excluding carboxylic acids is 1. The minimum atomic E-state index is -1.03. The van der Waals surface area contributed by atoms with E-state index >= 15 is 0 Å². The molecule has 0 rings (SSSR count). The summed E-state index contributed by atoms with van der Waals surface area (Å²) in [5.74, 6) is -0.541. The normalized spacial score (nSPS) is 13.9. The van der Waals surface area contributed by atoms with Crippen LogP contribution in [0.25, 0.3) is 0 Å². The number of aliphatic hydroxyl groups excluding tert-OH is 1. The van der Waals surface area contributed by atoms with Crippen LogP contribution in [0.3, 0.4) is 0 Å². The van der Waals surface area contributed by atoms with Gasteiger partial charge in [-0.2, -0.15) is 0 Å². The van der Waals surface area contributed by atoms with Crippen molar-refractivity contribution in [1.82, 2.24) is 0 Å². The van der Waals surface area contributed by atoms with Gasteiger partial charge in [-0.25, -0.2) is 4.79 Å². The van der Waals surface area contributed by atoms with Crippen molar-refractivity contribution in [3.63, 3.8) is 0 Å². The van der Waals surface area contributed by atoms with Crippen LogP contribution in [0.2, 0.25) is 0 Å². The maximum Gasteiger partial charge on any atom is 0.335 e. The summed E-state index contributed by atoms with van der Waals surface area (Å²) in [4.78, 5) is 11.0. The van der Waals surface area contributed by atoms with Gasteiger partial charge in [-0.15, -0.1) is 0 Å². The van der Waals surface area contributed by atoms with Crippen molar-refractivity contribution < 1.29 is 14.6 Å². The molecule has 0 bridgehead atoms. The predicted molar refractivity (Wildman–Crippen MR) is 51.4 cm³/mol. The van der Waals surface area contributed by atoms with Gasteiger partial charge >= 0.3 is 5.97 Å². The van der Waals surface area contributed by atoms with E-state index in [1.54, 1.807) is 0 Å². The molecular weight excluding hydrogens is 168 g/mol. The van der Waals surface area contributed by atoms with Gasteiger partial charge in [-0.1, -0.05) is 13.3 Å². The number of aliphatic hydroxyl groups is 1. The number of carbonyl (C=O) groups is 1. The number of esters is 1. The van der Waals surface area contributed by atoms with Gasteiger partial charge in [-0.05, 0) is 33.6 Å². The molecule has 0 saturated heterocycles. The van der Waals surface area contributed by atoms with Crippen molar-refractivity contribution in [3.05, 3.63) is 0 Å². The van der Waals surface area contributed by atoms with E-state index in [-0.39, 0.29) is 0 Å². The summed E-state index contributed by atoms with van der Waals surface area (Å²) in [5.41, 5.74) is -0.454. The fraction of sp³-hybridized carbons (Fsp3) is 0.900. The van der Waals surface area contributed by atoms with E-state index < -0.39 is 17.7 Å². The first-order valence-electron chi connectivity index (χ1n) is 4.80. The molecule has 0 radical (unpaired) electrons. The Morgan fingerprint density at radius 2 is 2.08 bits per heavy atom. The van der Waals surface area contributed by atoms with Crippen LogP contribution >= 0.6 is 0 Å². The van der Waals surface area contributed by atoms with Gasteiger partial charge in [0.25, 0.3) is 0 Å². The summed E-state index contributed by atoms with van der Waals surface area (Å²) in [6.45, 7) is 7.23. The molecule has 0 aromatic carbocycles. The molecular formula is C10H20O3. The average molecular weight is 188 g/mol. The Labute approximate surface area is 80.1 Å². The van der Waals surface area contributed by atoms with E-state index in [9.17, 15) is 4.79 Å². The Hall–Kier alpha value is -0.570. The quantitative estimate of drug-likeness (QED) is 0.670. The molecule has 13 heavy (non-hydrogen) atoms. The first-order valence-corrected chi connectivity index (χ1v) is 4.80. The summed E-state index contributed by atoms with van der Waals surface area (Å²) >= 11 is 0. The molecule has 0 aliphatic carbocycles. The number of hydrogen-bond acceptors (Lipinski definition) is 3. The van der Waals surface area contributed by atoms with E-state index in [0.717, 1.165) is 19.3 Å². The van der Waals surface area contributed by atoms with Crippen LogP contribution in [0.5, 0.6) is 0 Å². The molecule has 0 spiro atoms. The first-order chi connectivity index (χ1) is 5.89. The standard InChI is InChI=1S/C10H20O3/c1-5-6-7-10(3,4)13-9(12)8(2)11/h8,11H,5-7H2,1-4H3. The van der Waals surface area contributed by atoms with Gasteiger partial charge in [0.2, 0.25) is 0 Å². The Balaban J connectivity index is 3.93. The maximum absolute atomic E-state index is 11.0. The minimum Gasteiger partial charge on any atom is -0.458 e. The largest absolute Gasteiger partial charge is 0.458 e. The lowest BCUT2D eigenvalue weighted by atomic mass is 10.0. The van der Waals surface area contributed by atoms with E-state index in [0.29, 0.717) is 0 Å². The fourth-order valence-corrected chi connectivity index (χ4v) is 1.01. The van der Waals surface area contributed by atoms with Crippen molar-refractivity contribution in [2.75, 3.05) is 0 Å². The van der Waals surface area contributed by atoms with Crippen molar-refractivity contribution >= 4 is 5.97 Å². The zero-order chi connectivity index (χ0) is 10.5. The minimum absolute atomic E-state index is 0.454. The lowest BCUT2D eigenvalue weighted by Crippen LogP contribution is -2.32. The van der Waals surface area contributed by atoms with Gasteiger partial charge in [-0.3, -0.25) is 0 Å². The molecule has 0 aliphatic rings. The van der Waals surface area contributed by atoms with Gasteiger partial charge < -0.3 is 9.84 Å². The molecule has 78 valence electrons. The zero-order valence-electron chi connectivity index (χ0n) is 8.96. The van der Waals surface area contributed by atoms with E-state index in [1.807, 2.05) is 13.8 Å². The third kappa shape index (κ3) is 5.64. The summed E-state index contributed by atoms with van der Waals surface area (Å²) in [5, 5.41) is 8.94. The molecule has 1 N–H and O–H groups in total. The lowest BCUT2D eigenvalue weighted by Gasteiger charge is -2.25. The average Bonchev–Trinajstić information content (AvgIpc) is 2.00. The molecule has 1 atom stereocenters. The van der Waals surface area contributed by atoms with Gasteiger partial charge in [0.05, 0.1) is 0 Å². The number of rotatable bonds is 5. The molecule has 0 fully saturated rings. The third-order valence-corrected chi connectivity index (χ3v) is 1.85. The van der Waals surface area contributed by atoms with Crippen LogP contribution in [0.1, 0.15) is 47.0 Å². The topological polar surface area (TPSA) is 46.5 Å². The van der Waals surface area contributed by atoms with Crippen molar-refractivity contribution in [1.29, 1.82) is 0 Å². The fourth-order valence-electron chi connectivity index (χ4n) is 1.01. The second-order valence-corrected chi connectivity index (χ2v) is 3.96. The smallest absolute Gasteiger partial charge is 0.335 e. The van der Waals surface area contributed by atoms with Crippen LogP contribution in [0.4, 0.5) is 0 Å². The molecule has 3 nitrogen and oxygen atoms in total. The SMILES string of the molecule is CCCCC(C)(C)OC(=O)C(C)O. The monoisotopic (exact) mass is 188 g/mol. The Kier molecular flexibility index (Phi) is 4.99. The first kappa shape index (κ1) is 12.4. The van der Waals surface area contributed by atoms with Crippen LogP contribution < -0.4 is 0 Å². The summed E-state index contributed by atoms with van der Waals surface area (Å²) in [6.07, 6.45) is 1.92. The van der Waals surface area contributed by atoms with Crippen LogP contribution in [-0.4, -0.2) is 22.8 Å². The van der Waals surface area contributed by atoms with Gasteiger partial charge in [0.15, 0.2) is 0 Å². The van der Waals surface area contributed by atoms with Crippen LogP contribution in [0.15, 0.2) is 0 Å². The summed E-state index contributed by atoms with van der Waals surface area (Å²) in [6, 6.07) is 0. The third-order valence-electron chi connectivity index (χ3n) is 1.85. The molecule has 0 heterocycles. The molecule has 0 saturated carbocycles. The Morgan fingerprint density at radius 3 is 2.46 bits per heavy atom. The second-order valence-electron chi connectivity index (χ2n) is 3.96.